The number of fused-ring (bicyclic) bond motifs is 3. The zero-order valence-corrected chi connectivity index (χ0v) is 25.8. The summed E-state index contributed by atoms with van der Waals surface area (Å²) < 4.78 is 35.3. The van der Waals surface area contributed by atoms with Crippen molar-refractivity contribution >= 4 is 23.7 Å². The zero-order valence-electron chi connectivity index (χ0n) is 25.8. The fraction of sp³-hybridized carbons (Fsp3) is 0.588. The van der Waals surface area contributed by atoms with Crippen molar-refractivity contribution in [1.29, 1.82) is 0 Å². The lowest BCUT2D eigenvalue weighted by molar-refractivity contribution is -0.231. The number of hydrogen-bond donors (Lipinski definition) is 0. The summed E-state index contributed by atoms with van der Waals surface area (Å²) in [5, 5.41) is 0. The van der Waals surface area contributed by atoms with Gasteiger partial charge in [0.1, 0.15) is 34.9 Å². The van der Waals surface area contributed by atoms with Crippen LogP contribution < -0.4 is 4.74 Å². The molecule has 7 rings (SSSR count). The van der Waals surface area contributed by atoms with Crippen LogP contribution in [0.1, 0.15) is 82.3 Å². The molecular weight excluding hydrogens is 568 g/mol. The summed E-state index contributed by atoms with van der Waals surface area (Å²) in [4.78, 5) is 54.9. The van der Waals surface area contributed by atoms with E-state index in [1.54, 1.807) is 43.7 Å². The maximum Gasteiger partial charge on any atom is 0.339 e. The van der Waals surface area contributed by atoms with Gasteiger partial charge in [-0.3, -0.25) is 9.59 Å². The summed E-state index contributed by atoms with van der Waals surface area (Å²) in [6.07, 6.45) is 1.68. The molecule has 44 heavy (non-hydrogen) atoms. The number of hydrogen-bond acceptors (Lipinski definition) is 10. The molecule has 1 aromatic heterocycles. The van der Waals surface area contributed by atoms with Gasteiger partial charge < -0.3 is 28.1 Å². The molecule has 5 fully saturated rings. The standard InChI is InChI=1S/C34H38O10/c1-30(2)22-15-23(35)33(5)21(11-13-31(3)26(19-12-14-40-17-19)42-29(38)27-34(31,33)44-27)32(22,4)24(16-25(36)43-30)41-28(37)18-7-9-20(39-6)10-8-18/h7-10,12,14,17,21-22,24,26-27H,11,13,15-16H2,1-6H3. The average Bonchev–Trinajstić information content (AvgIpc) is 3.57. The van der Waals surface area contributed by atoms with Gasteiger partial charge in [0.25, 0.3) is 0 Å². The van der Waals surface area contributed by atoms with Crippen molar-refractivity contribution < 1.29 is 47.3 Å². The molecule has 2 saturated carbocycles. The SMILES string of the molecule is COc1ccc(C(=O)OC2CC(=O)OC(C)(C)C3CC(=O)C4(C)C(CCC5(C)C(c6ccoc6)OC(=O)C6OC654)C23C)cc1. The summed E-state index contributed by atoms with van der Waals surface area (Å²) in [6.45, 7) is 9.62. The van der Waals surface area contributed by atoms with Gasteiger partial charge in [-0.2, -0.15) is 0 Å². The van der Waals surface area contributed by atoms with Crippen LogP contribution in [-0.4, -0.2) is 54.2 Å². The summed E-state index contributed by atoms with van der Waals surface area (Å²) in [6, 6.07) is 8.36. The Balaban J connectivity index is 1.34. The van der Waals surface area contributed by atoms with Crippen molar-refractivity contribution in [1.82, 2.24) is 0 Å². The molecule has 1 aromatic carbocycles. The van der Waals surface area contributed by atoms with Gasteiger partial charge >= 0.3 is 17.9 Å². The predicted octanol–water partition coefficient (Wildman–Crippen LogP) is 4.99. The number of methoxy groups -OCH3 is 1. The Morgan fingerprint density at radius 1 is 0.932 bits per heavy atom. The quantitative estimate of drug-likeness (QED) is 0.266. The third-order valence-electron chi connectivity index (χ3n) is 12.1. The van der Waals surface area contributed by atoms with E-state index in [0.29, 0.717) is 29.7 Å². The van der Waals surface area contributed by atoms with Gasteiger partial charge in [0.05, 0.1) is 37.0 Å². The van der Waals surface area contributed by atoms with Gasteiger partial charge in [-0.25, -0.2) is 9.59 Å². The molecule has 2 aliphatic carbocycles. The second-order valence-corrected chi connectivity index (χ2v) is 14.3. The fourth-order valence-corrected chi connectivity index (χ4v) is 9.97. The van der Waals surface area contributed by atoms with Crippen LogP contribution in [0.4, 0.5) is 0 Å². The molecule has 3 aliphatic heterocycles. The second kappa shape index (κ2) is 9.19. The van der Waals surface area contributed by atoms with Crippen LogP contribution in [0.3, 0.4) is 0 Å². The summed E-state index contributed by atoms with van der Waals surface area (Å²) >= 11 is 0. The first kappa shape index (κ1) is 29.1. The molecule has 9 unspecified atom stereocenters. The maximum atomic E-state index is 14.7. The second-order valence-electron chi connectivity index (χ2n) is 14.3. The third kappa shape index (κ3) is 3.51. The average molecular weight is 607 g/mol. The first-order valence-corrected chi connectivity index (χ1v) is 15.2. The van der Waals surface area contributed by atoms with E-state index in [1.807, 2.05) is 34.6 Å². The van der Waals surface area contributed by atoms with Gasteiger partial charge in [-0.15, -0.1) is 0 Å². The number of carbonyl (C=O) groups excluding carboxylic acids is 4. The van der Waals surface area contributed by atoms with Crippen LogP contribution in [0.25, 0.3) is 0 Å². The Labute approximate surface area is 255 Å². The Hall–Kier alpha value is -3.66. The van der Waals surface area contributed by atoms with Crippen molar-refractivity contribution in [3.05, 3.63) is 54.0 Å². The molecule has 9 atom stereocenters. The Morgan fingerprint density at radius 3 is 2.32 bits per heavy atom. The molecule has 4 heterocycles. The molecule has 3 saturated heterocycles. The van der Waals surface area contributed by atoms with Gasteiger partial charge in [0.2, 0.25) is 0 Å². The number of ketones is 1. The highest BCUT2D eigenvalue weighted by atomic mass is 16.7. The van der Waals surface area contributed by atoms with Gasteiger partial charge in [0.15, 0.2) is 6.10 Å². The van der Waals surface area contributed by atoms with Crippen LogP contribution in [0.2, 0.25) is 0 Å². The summed E-state index contributed by atoms with van der Waals surface area (Å²) in [5.74, 6) is -1.89. The normalized spacial score (nSPS) is 41.9. The minimum Gasteiger partial charge on any atom is -0.497 e. The monoisotopic (exact) mass is 606 g/mol. The topological polar surface area (TPSA) is 131 Å². The molecule has 0 radical (unpaired) electrons. The maximum absolute atomic E-state index is 14.7. The molecule has 10 heteroatoms. The van der Waals surface area contributed by atoms with E-state index in [1.165, 1.54) is 6.26 Å². The van der Waals surface area contributed by atoms with Crippen LogP contribution in [0.5, 0.6) is 5.75 Å². The van der Waals surface area contributed by atoms with Crippen LogP contribution >= 0.6 is 0 Å². The van der Waals surface area contributed by atoms with Gasteiger partial charge in [-0.1, -0.05) is 13.8 Å². The zero-order chi connectivity index (χ0) is 31.4. The molecule has 10 nitrogen and oxygen atoms in total. The molecule has 0 N–H and O–H groups in total. The lowest BCUT2D eigenvalue weighted by atomic mass is 9.37. The molecule has 5 aliphatic rings. The van der Waals surface area contributed by atoms with Crippen molar-refractivity contribution in [3.63, 3.8) is 0 Å². The Bertz CT molecular complexity index is 1540. The van der Waals surface area contributed by atoms with Crippen molar-refractivity contribution in [2.75, 3.05) is 7.11 Å². The molecule has 1 spiro atoms. The van der Waals surface area contributed by atoms with Gasteiger partial charge in [-0.05, 0) is 69.9 Å². The molecule has 0 bridgehead atoms. The number of carbonyl (C=O) groups is 4. The number of epoxide rings is 1. The number of furan rings is 1. The van der Waals surface area contributed by atoms with Crippen LogP contribution in [0.15, 0.2) is 47.3 Å². The van der Waals surface area contributed by atoms with E-state index in [9.17, 15) is 19.2 Å². The first-order valence-electron chi connectivity index (χ1n) is 15.2. The van der Waals surface area contributed by atoms with E-state index in [4.69, 9.17) is 28.1 Å². The lowest BCUT2D eigenvalue weighted by Crippen LogP contribution is -2.72. The highest BCUT2D eigenvalue weighted by molar-refractivity contribution is 5.94. The largest absolute Gasteiger partial charge is 0.497 e. The van der Waals surface area contributed by atoms with E-state index < -0.39 is 75.5 Å². The third-order valence-corrected chi connectivity index (χ3v) is 12.1. The smallest absolute Gasteiger partial charge is 0.339 e. The van der Waals surface area contributed by atoms with E-state index in [0.717, 1.165) is 0 Å². The fourth-order valence-electron chi connectivity index (χ4n) is 9.97. The minimum absolute atomic E-state index is 0.0506. The van der Waals surface area contributed by atoms with E-state index in [2.05, 4.69) is 0 Å². The van der Waals surface area contributed by atoms with Crippen LogP contribution in [0, 0.1) is 28.1 Å². The number of ether oxygens (including phenoxy) is 5. The first-order chi connectivity index (χ1) is 20.7. The predicted molar refractivity (Wildman–Crippen MR) is 152 cm³/mol. The highest BCUT2D eigenvalue weighted by Crippen LogP contribution is 2.78. The van der Waals surface area contributed by atoms with Crippen molar-refractivity contribution in [2.45, 2.75) is 89.8 Å². The number of rotatable bonds is 4. The highest BCUT2D eigenvalue weighted by Gasteiger charge is 2.88. The summed E-state index contributed by atoms with van der Waals surface area (Å²) in [5.41, 5.74) is -3.90. The van der Waals surface area contributed by atoms with Gasteiger partial charge in [0, 0.05) is 28.7 Å². The number of Topliss-reactive ketones (excluding diaryl/α,β-unsaturated/α-hetero) is 1. The lowest BCUT2D eigenvalue weighted by Gasteiger charge is -2.66. The Morgan fingerprint density at radius 2 is 1.66 bits per heavy atom. The molecule has 2 aromatic rings. The molecular formula is C34H38O10. The minimum atomic E-state index is -1.15. The molecule has 0 amide bonds. The van der Waals surface area contributed by atoms with Crippen LogP contribution in [-0.2, 0) is 33.3 Å². The number of cyclic esters (lactones) is 2. The molecule has 234 valence electrons. The van der Waals surface area contributed by atoms with Crippen molar-refractivity contribution in [3.8, 4) is 5.75 Å². The van der Waals surface area contributed by atoms with Crippen molar-refractivity contribution in [2.24, 2.45) is 28.1 Å². The number of benzene rings is 1. The summed E-state index contributed by atoms with van der Waals surface area (Å²) in [7, 11) is 1.54. The Kier molecular flexibility index (Phi) is 6.07. The van der Waals surface area contributed by atoms with E-state index >= 15 is 0 Å². The van der Waals surface area contributed by atoms with E-state index in [-0.39, 0.29) is 18.6 Å². The number of esters is 3.